The molecule has 0 bridgehead atoms. The number of carbonyl (C=O) groups excluding carboxylic acids is 1. The fourth-order valence-corrected chi connectivity index (χ4v) is 5.10. The molecule has 0 N–H and O–H groups in total. The molecule has 0 saturated carbocycles. The maximum Gasteiger partial charge on any atom is 0.410 e. The summed E-state index contributed by atoms with van der Waals surface area (Å²) in [5, 5.41) is 1.08. The van der Waals surface area contributed by atoms with Crippen molar-refractivity contribution >= 4 is 17.0 Å². The van der Waals surface area contributed by atoms with Crippen molar-refractivity contribution in [1.82, 2.24) is 9.88 Å². The Labute approximate surface area is 225 Å². The number of pyridine rings is 1. The van der Waals surface area contributed by atoms with E-state index in [0.717, 1.165) is 46.1 Å². The first-order chi connectivity index (χ1) is 18.3. The van der Waals surface area contributed by atoms with Gasteiger partial charge in [-0.1, -0.05) is 54.6 Å². The SMILES string of the molecule is Cc1cc(-c2cccc(-c3ccccc3)c2)c2cc(CN(C(=O)OC(C)(C)C)C3CCOCC3)ccc2n1. The second-order valence-corrected chi connectivity index (χ2v) is 11.1. The Balaban J connectivity index is 1.53. The van der Waals surface area contributed by atoms with Crippen LogP contribution in [-0.2, 0) is 16.0 Å². The van der Waals surface area contributed by atoms with E-state index in [9.17, 15) is 4.79 Å². The molecular weight excluding hydrogens is 472 g/mol. The van der Waals surface area contributed by atoms with Crippen molar-refractivity contribution < 1.29 is 14.3 Å². The maximum atomic E-state index is 13.3. The van der Waals surface area contributed by atoms with Crippen LogP contribution < -0.4 is 0 Å². The zero-order valence-corrected chi connectivity index (χ0v) is 22.7. The van der Waals surface area contributed by atoms with E-state index >= 15 is 0 Å². The van der Waals surface area contributed by atoms with Crippen molar-refractivity contribution in [2.45, 2.75) is 58.7 Å². The highest BCUT2D eigenvalue weighted by Gasteiger charge is 2.30. The number of fused-ring (bicyclic) bond motifs is 1. The summed E-state index contributed by atoms with van der Waals surface area (Å²) in [6, 6.07) is 27.7. The molecule has 0 aliphatic carbocycles. The smallest absolute Gasteiger partial charge is 0.410 e. The summed E-state index contributed by atoms with van der Waals surface area (Å²) < 4.78 is 11.4. The molecule has 1 saturated heterocycles. The van der Waals surface area contributed by atoms with E-state index in [1.165, 1.54) is 11.1 Å². The minimum Gasteiger partial charge on any atom is -0.444 e. The van der Waals surface area contributed by atoms with E-state index in [0.29, 0.717) is 19.8 Å². The molecule has 5 heteroatoms. The zero-order chi connectivity index (χ0) is 26.7. The van der Waals surface area contributed by atoms with E-state index in [1.807, 2.05) is 38.7 Å². The minimum absolute atomic E-state index is 0.0902. The number of aromatic nitrogens is 1. The van der Waals surface area contributed by atoms with Gasteiger partial charge < -0.3 is 14.4 Å². The van der Waals surface area contributed by atoms with Crippen LogP contribution in [0.2, 0.25) is 0 Å². The van der Waals surface area contributed by atoms with Crippen molar-refractivity contribution in [1.29, 1.82) is 0 Å². The van der Waals surface area contributed by atoms with Gasteiger partial charge in [0.2, 0.25) is 0 Å². The summed E-state index contributed by atoms with van der Waals surface area (Å²) in [6.07, 6.45) is 1.35. The number of benzene rings is 3. The monoisotopic (exact) mass is 508 g/mol. The van der Waals surface area contributed by atoms with Gasteiger partial charge >= 0.3 is 6.09 Å². The normalized spacial score (nSPS) is 14.4. The highest BCUT2D eigenvalue weighted by atomic mass is 16.6. The van der Waals surface area contributed by atoms with Crippen molar-refractivity contribution in [3.63, 3.8) is 0 Å². The number of hydrogen-bond acceptors (Lipinski definition) is 4. The summed E-state index contributed by atoms with van der Waals surface area (Å²) >= 11 is 0. The molecule has 38 heavy (non-hydrogen) atoms. The third kappa shape index (κ3) is 6.05. The molecule has 5 rings (SSSR count). The molecule has 196 valence electrons. The van der Waals surface area contributed by atoms with Crippen LogP contribution in [0.25, 0.3) is 33.2 Å². The number of hydrogen-bond donors (Lipinski definition) is 0. The number of aryl methyl sites for hydroxylation is 1. The fraction of sp³-hybridized carbons (Fsp3) is 0.333. The standard InChI is InChI=1S/C33H36N2O3/c1-23-19-29(27-12-8-11-26(21-27)25-9-6-5-7-10-25)30-20-24(13-14-31(30)34-23)22-35(28-15-17-37-18-16-28)32(36)38-33(2,3)4/h5-14,19-21,28H,15-18,22H2,1-4H3. The first-order valence-corrected chi connectivity index (χ1v) is 13.4. The summed E-state index contributed by atoms with van der Waals surface area (Å²) in [5.74, 6) is 0. The highest BCUT2D eigenvalue weighted by Crippen LogP contribution is 2.33. The molecule has 0 spiro atoms. The Hall–Kier alpha value is -3.70. The summed E-state index contributed by atoms with van der Waals surface area (Å²) in [4.78, 5) is 20.0. The molecule has 1 aliphatic heterocycles. The second kappa shape index (κ2) is 11.0. The average Bonchev–Trinajstić information content (AvgIpc) is 2.91. The largest absolute Gasteiger partial charge is 0.444 e. The molecule has 3 aromatic carbocycles. The van der Waals surface area contributed by atoms with Gasteiger partial charge in [-0.15, -0.1) is 0 Å². The maximum absolute atomic E-state index is 13.3. The average molecular weight is 509 g/mol. The second-order valence-electron chi connectivity index (χ2n) is 11.1. The minimum atomic E-state index is -0.553. The number of carbonyl (C=O) groups is 1. The van der Waals surface area contributed by atoms with E-state index in [2.05, 4.69) is 72.8 Å². The Bertz CT molecular complexity index is 1420. The Morgan fingerprint density at radius 3 is 2.37 bits per heavy atom. The number of nitrogens with zero attached hydrogens (tertiary/aromatic N) is 2. The van der Waals surface area contributed by atoms with Gasteiger partial charge in [-0.25, -0.2) is 4.79 Å². The topological polar surface area (TPSA) is 51.7 Å². The van der Waals surface area contributed by atoms with Gasteiger partial charge in [-0.2, -0.15) is 0 Å². The summed E-state index contributed by atoms with van der Waals surface area (Å²) in [7, 11) is 0. The van der Waals surface area contributed by atoms with Gasteiger partial charge in [0.15, 0.2) is 0 Å². The van der Waals surface area contributed by atoms with Crippen molar-refractivity contribution in [3.05, 3.63) is 90.1 Å². The molecule has 5 nitrogen and oxygen atoms in total. The highest BCUT2D eigenvalue weighted by molar-refractivity contribution is 5.96. The first kappa shape index (κ1) is 25.9. The molecule has 2 heterocycles. The van der Waals surface area contributed by atoms with Crippen LogP contribution >= 0.6 is 0 Å². The van der Waals surface area contributed by atoms with Crippen molar-refractivity contribution in [2.24, 2.45) is 0 Å². The molecule has 4 aromatic rings. The lowest BCUT2D eigenvalue weighted by atomic mass is 9.95. The van der Waals surface area contributed by atoms with Crippen molar-refractivity contribution in [2.75, 3.05) is 13.2 Å². The van der Waals surface area contributed by atoms with Gasteiger partial charge in [-0.3, -0.25) is 4.98 Å². The molecular formula is C33H36N2O3. The van der Waals surface area contributed by atoms with E-state index in [1.54, 1.807) is 0 Å². The molecule has 0 radical (unpaired) electrons. The van der Waals surface area contributed by atoms with E-state index in [-0.39, 0.29) is 12.1 Å². The predicted octanol–water partition coefficient (Wildman–Crippen LogP) is 7.79. The summed E-state index contributed by atoms with van der Waals surface area (Å²) in [5.41, 5.74) is 7.08. The fourth-order valence-electron chi connectivity index (χ4n) is 5.10. The first-order valence-electron chi connectivity index (χ1n) is 13.4. The Kier molecular flexibility index (Phi) is 7.48. The molecule has 1 fully saturated rings. The molecule has 1 aliphatic rings. The predicted molar refractivity (Wildman–Crippen MR) is 153 cm³/mol. The van der Waals surface area contributed by atoms with Gasteiger partial charge in [0.1, 0.15) is 5.60 Å². The van der Waals surface area contributed by atoms with E-state index < -0.39 is 5.60 Å². The lowest BCUT2D eigenvalue weighted by Crippen LogP contribution is -2.45. The Morgan fingerprint density at radius 2 is 1.63 bits per heavy atom. The van der Waals surface area contributed by atoms with Crippen LogP contribution in [0.15, 0.2) is 78.9 Å². The van der Waals surface area contributed by atoms with E-state index in [4.69, 9.17) is 14.5 Å². The number of ether oxygens (including phenoxy) is 2. The molecule has 0 unspecified atom stereocenters. The van der Waals surface area contributed by atoms with Crippen LogP contribution in [0.1, 0.15) is 44.9 Å². The van der Waals surface area contributed by atoms with Crippen LogP contribution in [0.4, 0.5) is 4.79 Å². The zero-order valence-electron chi connectivity index (χ0n) is 22.7. The van der Waals surface area contributed by atoms with Crippen LogP contribution in [0.5, 0.6) is 0 Å². The van der Waals surface area contributed by atoms with Gasteiger partial charge in [0.25, 0.3) is 0 Å². The molecule has 1 amide bonds. The number of amides is 1. The van der Waals surface area contributed by atoms with Gasteiger partial charge in [0.05, 0.1) is 5.52 Å². The van der Waals surface area contributed by atoms with Gasteiger partial charge in [-0.05, 0) is 92.6 Å². The van der Waals surface area contributed by atoms with Crippen LogP contribution in [-0.4, -0.2) is 40.8 Å². The third-order valence-corrected chi connectivity index (χ3v) is 6.89. The van der Waals surface area contributed by atoms with Crippen LogP contribution in [0, 0.1) is 6.92 Å². The summed E-state index contributed by atoms with van der Waals surface area (Å²) in [6.45, 7) is 9.56. The van der Waals surface area contributed by atoms with Crippen molar-refractivity contribution in [3.8, 4) is 22.3 Å². The third-order valence-electron chi connectivity index (χ3n) is 6.89. The lowest BCUT2D eigenvalue weighted by molar-refractivity contribution is -0.00807. The van der Waals surface area contributed by atoms with Gasteiger partial charge in [0, 0.05) is 36.9 Å². The molecule has 1 aromatic heterocycles. The Morgan fingerprint density at radius 1 is 0.921 bits per heavy atom. The lowest BCUT2D eigenvalue weighted by Gasteiger charge is -2.35. The number of rotatable bonds is 5. The van der Waals surface area contributed by atoms with Crippen LogP contribution in [0.3, 0.4) is 0 Å². The molecule has 0 atom stereocenters. The quantitative estimate of drug-likeness (QED) is 0.276.